The largest absolute Gasteiger partial charge is 0.284 e. The van der Waals surface area contributed by atoms with Gasteiger partial charge in [0.05, 0.1) is 5.69 Å². The lowest BCUT2D eigenvalue weighted by atomic mass is 10.1. The van der Waals surface area contributed by atoms with Crippen LogP contribution in [0, 0.1) is 5.82 Å². The Balaban J connectivity index is 2.95. The molecule has 0 aliphatic rings. The molecule has 1 aromatic rings. The Kier molecular flexibility index (Phi) is 6.46. The van der Waals surface area contributed by atoms with Gasteiger partial charge in [-0.15, -0.1) is 0 Å². The van der Waals surface area contributed by atoms with Crippen molar-refractivity contribution in [3.05, 3.63) is 53.0 Å². The van der Waals surface area contributed by atoms with Crippen molar-refractivity contribution >= 4 is 5.69 Å². The minimum atomic E-state index is -0.248. The molecule has 3 heteroatoms. The molecule has 0 radical (unpaired) electrons. The van der Waals surface area contributed by atoms with Crippen LogP contribution in [0.5, 0.6) is 0 Å². The molecule has 0 heterocycles. The van der Waals surface area contributed by atoms with Crippen molar-refractivity contribution in [1.82, 2.24) is 0 Å². The van der Waals surface area contributed by atoms with E-state index in [1.807, 2.05) is 0 Å². The highest BCUT2D eigenvalue weighted by molar-refractivity contribution is 5.51. The van der Waals surface area contributed by atoms with Crippen LogP contribution in [-0.2, 0) is 0 Å². The monoisotopic (exact) mass is 276 g/mol. The molecule has 0 aliphatic carbocycles. The van der Waals surface area contributed by atoms with Crippen molar-refractivity contribution in [2.75, 3.05) is 5.01 Å². The molecule has 0 saturated heterocycles. The Morgan fingerprint density at radius 1 is 1.15 bits per heavy atom. The van der Waals surface area contributed by atoms with E-state index in [2.05, 4.69) is 33.8 Å². The zero-order valence-corrected chi connectivity index (χ0v) is 12.9. The van der Waals surface area contributed by atoms with Gasteiger partial charge < -0.3 is 0 Å². The summed E-state index contributed by atoms with van der Waals surface area (Å²) in [6.45, 7) is 8.47. The van der Waals surface area contributed by atoms with Crippen molar-refractivity contribution in [2.24, 2.45) is 5.84 Å². The van der Waals surface area contributed by atoms with Crippen LogP contribution in [0.3, 0.4) is 0 Å². The highest BCUT2D eigenvalue weighted by Crippen LogP contribution is 2.22. The van der Waals surface area contributed by atoms with E-state index in [1.54, 1.807) is 17.1 Å². The Morgan fingerprint density at radius 2 is 1.75 bits per heavy atom. The summed E-state index contributed by atoms with van der Waals surface area (Å²) in [5.74, 6) is 5.92. The summed E-state index contributed by atoms with van der Waals surface area (Å²) < 4.78 is 13.0. The Labute approximate surface area is 121 Å². The number of nitrogens with zero attached hydrogens (tertiary/aromatic N) is 1. The molecule has 2 N–H and O–H groups in total. The molecule has 1 rings (SSSR count). The van der Waals surface area contributed by atoms with E-state index in [9.17, 15) is 4.39 Å². The first-order chi connectivity index (χ1) is 9.49. The van der Waals surface area contributed by atoms with Gasteiger partial charge in [-0.25, -0.2) is 10.2 Å². The summed E-state index contributed by atoms with van der Waals surface area (Å²) in [7, 11) is 0. The third kappa shape index (κ3) is 4.49. The number of hydrogen-bond acceptors (Lipinski definition) is 2. The number of anilines is 1. The van der Waals surface area contributed by atoms with E-state index in [0.29, 0.717) is 0 Å². The van der Waals surface area contributed by atoms with Gasteiger partial charge in [-0.05, 0) is 62.9 Å². The zero-order valence-electron chi connectivity index (χ0n) is 12.9. The van der Waals surface area contributed by atoms with Gasteiger partial charge in [0.1, 0.15) is 5.82 Å². The number of rotatable bonds is 6. The first kappa shape index (κ1) is 16.4. The maximum Gasteiger partial charge on any atom is 0.123 e. The van der Waals surface area contributed by atoms with E-state index < -0.39 is 0 Å². The summed E-state index contributed by atoms with van der Waals surface area (Å²) in [5.41, 5.74) is 4.51. The quantitative estimate of drug-likeness (QED) is 0.453. The molecule has 110 valence electrons. The fraction of sp³-hybridized carbons (Fsp3) is 0.412. The van der Waals surface area contributed by atoms with Crippen LogP contribution in [0.1, 0.15) is 47.0 Å². The third-order valence-corrected chi connectivity index (χ3v) is 3.54. The van der Waals surface area contributed by atoms with E-state index in [0.717, 1.165) is 30.6 Å². The molecule has 20 heavy (non-hydrogen) atoms. The lowest BCUT2D eigenvalue weighted by molar-refractivity contribution is 0.627. The normalized spacial score (nSPS) is 13.2. The summed E-state index contributed by atoms with van der Waals surface area (Å²) in [6, 6.07) is 6.26. The second-order valence-corrected chi connectivity index (χ2v) is 5.04. The van der Waals surface area contributed by atoms with Gasteiger partial charge in [0, 0.05) is 5.70 Å². The van der Waals surface area contributed by atoms with Gasteiger partial charge in [-0.2, -0.15) is 0 Å². The zero-order chi connectivity index (χ0) is 15.1. The molecule has 1 aromatic carbocycles. The molecule has 2 nitrogen and oxygen atoms in total. The summed E-state index contributed by atoms with van der Waals surface area (Å²) in [5, 5.41) is 1.66. The number of halogens is 1. The van der Waals surface area contributed by atoms with E-state index in [4.69, 9.17) is 5.84 Å². The van der Waals surface area contributed by atoms with Gasteiger partial charge in [0.15, 0.2) is 0 Å². The molecule has 0 aliphatic heterocycles. The molecule has 0 atom stereocenters. The molecular weight excluding hydrogens is 251 g/mol. The second-order valence-electron chi connectivity index (χ2n) is 5.04. The molecule has 0 spiro atoms. The lowest BCUT2D eigenvalue weighted by Crippen LogP contribution is -2.30. The molecule has 0 aromatic heterocycles. The molecule has 0 unspecified atom stereocenters. The van der Waals surface area contributed by atoms with Crippen LogP contribution in [0.15, 0.2) is 47.2 Å². The number of allylic oxidation sites excluding steroid dienone is 4. The Bertz CT molecular complexity index is 486. The standard InChI is InChI=1S/C17H25FN2/c1-5-13(3)7-8-14(4)17(6-2)20(19)16-11-9-15(18)10-12-16/h7,9-12H,5-6,8,19H2,1-4H3/b13-7?,17-14+. The SMILES string of the molecule is CCC(C)=CC/C(C)=C(\CC)N(N)c1ccc(F)cc1. The average Bonchev–Trinajstić information content (AvgIpc) is 2.46. The van der Waals surface area contributed by atoms with Crippen LogP contribution in [0.2, 0.25) is 0 Å². The maximum absolute atomic E-state index is 13.0. The highest BCUT2D eigenvalue weighted by Gasteiger charge is 2.09. The van der Waals surface area contributed by atoms with Crippen molar-refractivity contribution in [3.63, 3.8) is 0 Å². The van der Waals surface area contributed by atoms with Crippen LogP contribution in [0.25, 0.3) is 0 Å². The van der Waals surface area contributed by atoms with Crippen molar-refractivity contribution in [3.8, 4) is 0 Å². The van der Waals surface area contributed by atoms with Crippen LogP contribution >= 0.6 is 0 Å². The third-order valence-electron chi connectivity index (χ3n) is 3.54. The summed E-state index contributed by atoms with van der Waals surface area (Å²) >= 11 is 0. The molecule has 0 bridgehead atoms. The minimum Gasteiger partial charge on any atom is -0.284 e. The predicted octanol–water partition coefficient (Wildman–Crippen LogP) is 4.94. The Hall–Kier alpha value is -1.61. The average molecular weight is 276 g/mol. The first-order valence-corrected chi connectivity index (χ1v) is 7.14. The van der Waals surface area contributed by atoms with Crippen molar-refractivity contribution in [2.45, 2.75) is 47.0 Å². The first-order valence-electron chi connectivity index (χ1n) is 7.14. The number of hydrazine groups is 1. The van der Waals surface area contributed by atoms with E-state index in [1.165, 1.54) is 23.3 Å². The van der Waals surface area contributed by atoms with Gasteiger partial charge in [0.2, 0.25) is 0 Å². The minimum absolute atomic E-state index is 0.248. The van der Waals surface area contributed by atoms with Gasteiger partial charge in [0.25, 0.3) is 0 Å². The topological polar surface area (TPSA) is 29.3 Å². The number of hydrogen-bond donors (Lipinski definition) is 1. The second kappa shape index (κ2) is 7.85. The summed E-state index contributed by atoms with van der Waals surface area (Å²) in [6.07, 6.45) is 5.05. The summed E-state index contributed by atoms with van der Waals surface area (Å²) in [4.78, 5) is 0. The van der Waals surface area contributed by atoms with Crippen molar-refractivity contribution < 1.29 is 4.39 Å². The molecule has 0 fully saturated rings. The maximum atomic E-state index is 13.0. The van der Waals surface area contributed by atoms with Crippen LogP contribution < -0.4 is 10.9 Å². The molecular formula is C17H25FN2. The van der Waals surface area contributed by atoms with Gasteiger partial charge in [-0.1, -0.05) is 25.5 Å². The lowest BCUT2D eigenvalue weighted by Gasteiger charge is -2.23. The molecule has 0 saturated carbocycles. The van der Waals surface area contributed by atoms with Gasteiger partial charge in [-0.3, -0.25) is 5.01 Å². The number of benzene rings is 1. The molecule has 0 amide bonds. The van der Waals surface area contributed by atoms with Gasteiger partial charge >= 0.3 is 0 Å². The fourth-order valence-corrected chi connectivity index (χ4v) is 2.02. The highest BCUT2D eigenvalue weighted by atomic mass is 19.1. The number of nitrogens with two attached hydrogens (primary N) is 1. The van der Waals surface area contributed by atoms with Crippen LogP contribution in [0.4, 0.5) is 10.1 Å². The van der Waals surface area contributed by atoms with E-state index in [-0.39, 0.29) is 5.82 Å². The fourth-order valence-electron chi connectivity index (χ4n) is 2.02. The predicted molar refractivity (Wildman–Crippen MR) is 84.7 cm³/mol. The van der Waals surface area contributed by atoms with E-state index >= 15 is 0 Å². The van der Waals surface area contributed by atoms with Crippen LogP contribution in [-0.4, -0.2) is 0 Å². The smallest absolute Gasteiger partial charge is 0.123 e. The Morgan fingerprint density at radius 3 is 2.25 bits per heavy atom. The van der Waals surface area contributed by atoms with Crippen molar-refractivity contribution in [1.29, 1.82) is 0 Å².